The van der Waals surface area contributed by atoms with E-state index in [1.807, 2.05) is 44.6 Å². The van der Waals surface area contributed by atoms with Crippen LogP contribution < -0.4 is 10.6 Å². The zero-order valence-electron chi connectivity index (χ0n) is 15.6. The summed E-state index contributed by atoms with van der Waals surface area (Å²) >= 11 is 0. The van der Waals surface area contributed by atoms with Crippen LogP contribution in [0, 0.1) is 20.8 Å². The fourth-order valence-corrected chi connectivity index (χ4v) is 2.99. The molecule has 1 aromatic carbocycles. The van der Waals surface area contributed by atoms with Crippen molar-refractivity contribution in [1.82, 2.24) is 4.90 Å². The van der Waals surface area contributed by atoms with Gasteiger partial charge in [0, 0.05) is 5.56 Å². The number of carbonyl (C=O) groups is 1. The predicted octanol–water partition coefficient (Wildman–Crippen LogP) is 1.67. The summed E-state index contributed by atoms with van der Waals surface area (Å²) in [6, 6.07) is 3.59. The van der Waals surface area contributed by atoms with Crippen molar-refractivity contribution in [3.63, 3.8) is 0 Å². The van der Waals surface area contributed by atoms with E-state index in [2.05, 4.69) is 6.58 Å². The molecule has 0 heterocycles. The predicted molar refractivity (Wildman–Crippen MR) is 97.8 cm³/mol. The zero-order chi connectivity index (χ0) is 19.2. The van der Waals surface area contributed by atoms with Crippen LogP contribution in [0.2, 0.25) is 0 Å². The summed E-state index contributed by atoms with van der Waals surface area (Å²) in [4.78, 5) is 25.1. The molecule has 2 N–H and O–H groups in total. The Labute approximate surface area is 144 Å². The van der Waals surface area contributed by atoms with E-state index in [1.165, 1.54) is 0 Å². The molecule has 1 rings (SSSR count). The monoisotopic (exact) mass is 353 g/mol. The molecule has 0 spiro atoms. The maximum Gasteiger partial charge on any atom is 0.344 e. The maximum atomic E-state index is 11.8. The van der Waals surface area contributed by atoms with E-state index in [-0.39, 0.29) is 5.56 Å². The molecule has 0 bridgehead atoms. The summed E-state index contributed by atoms with van der Waals surface area (Å²) in [6.07, 6.45) is 0. The minimum absolute atomic E-state index is 0.267. The van der Waals surface area contributed by atoms with Gasteiger partial charge in [-0.3, -0.25) is 20.0 Å². The Morgan fingerprint density at radius 2 is 1.67 bits per heavy atom. The number of carbonyl (C=O) groups excluding carboxylic acids is 1. The Hall–Kier alpha value is -1.91. The molecular weight excluding hydrogens is 325 g/mol. The van der Waals surface area contributed by atoms with Gasteiger partial charge in [0.25, 0.3) is 0 Å². The first kappa shape index (κ1) is 22.1. The molecular formula is C17H28N3O3P. The smallest absolute Gasteiger partial charge is 0.344 e. The van der Waals surface area contributed by atoms with E-state index < -0.39 is 12.9 Å². The number of guanidine groups is 1. The number of hydrogen-bond donors (Lipinski definition) is 1. The van der Waals surface area contributed by atoms with Crippen molar-refractivity contribution < 1.29 is 18.8 Å². The highest BCUT2D eigenvalue weighted by Gasteiger charge is 2.21. The second kappa shape index (κ2) is 8.81. The number of rotatable bonds is 3. The van der Waals surface area contributed by atoms with E-state index in [0.717, 1.165) is 11.5 Å². The van der Waals surface area contributed by atoms with E-state index in [4.69, 9.17) is 5.73 Å². The highest BCUT2D eigenvalue weighted by atomic mass is 31.2. The molecule has 7 heteroatoms. The van der Waals surface area contributed by atoms with Crippen molar-refractivity contribution in [2.24, 2.45) is 5.73 Å². The summed E-state index contributed by atoms with van der Waals surface area (Å²) < 4.78 is 13.3. The van der Waals surface area contributed by atoms with Gasteiger partial charge in [0.2, 0.25) is 5.52 Å². The van der Waals surface area contributed by atoms with Crippen LogP contribution in [0.1, 0.15) is 27.0 Å². The lowest BCUT2D eigenvalue weighted by atomic mass is 10.0. The minimum Gasteiger partial charge on any atom is -0.791 e. The Morgan fingerprint density at radius 3 is 1.92 bits per heavy atom. The van der Waals surface area contributed by atoms with Crippen LogP contribution in [0.15, 0.2) is 24.5 Å². The fourth-order valence-electron chi connectivity index (χ4n) is 2.16. The molecule has 0 aliphatic rings. The topological polar surface area (TPSA) is 89.5 Å². The van der Waals surface area contributed by atoms with E-state index in [9.17, 15) is 14.3 Å². The fraction of sp³-hybridized carbons (Fsp3) is 0.412. The van der Waals surface area contributed by atoms with Crippen LogP contribution in [0.3, 0.4) is 0 Å². The van der Waals surface area contributed by atoms with Gasteiger partial charge in [-0.15, -0.1) is 0 Å². The van der Waals surface area contributed by atoms with Crippen molar-refractivity contribution in [2.75, 3.05) is 28.2 Å². The molecule has 0 radical (unpaired) electrons. The molecule has 0 saturated heterocycles. The second-order valence-electron chi connectivity index (χ2n) is 6.01. The molecule has 1 atom stereocenters. The van der Waals surface area contributed by atoms with Crippen LogP contribution in [0.5, 0.6) is 0 Å². The van der Waals surface area contributed by atoms with Crippen molar-refractivity contribution in [1.29, 1.82) is 0 Å². The lowest BCUT2D eigenvalue weighted by molar-refractivity contribution is -0.470. The van der Waals surface area contributed by atoms with Gasteiger partial charge in [-0.1, -0.05) is 24.3 Å². The van der Waals surface area contributed by atoms with Crippen molar-refractivity contribution in [3.05, 3.63) is 46.8 Å². The molecule has 0 amide bonds. The van der Waals surface area contributed by atoms with Gasteiger partial charge < -0.3 is 9.46 Å². The second-order valence-corrected chi connectivity index (χ2v) is 7.97. The Morgan fingerprint density at radius 1 is 1.25 bits per heavy atom. The van der Waals surface area contributed by atoms with Crippen LogP contribution in [0.25, 0.3) is 0 Å². The number of nitrogens with two attached hydrogens (primary N) is 1. The summed E-state index contributed by atoms with van der Waals surface area (Å²) in [5.74, 6) is 1.48. The first-order chi connectivity index (χ1) is 10.8. The lowest BCUT2D eigenvalue weighted by Gasteiger charge is -2.19. The van der Waals surface area contributed by atoms with Gasteiger partial charge in [-0.05, 0) is 37.7 Å². The van der Waals surface area contributed by atoms with E-state index in [1.54, 1.807) is 26.0 Å². The highest BCUT2D eigenvalue weighted by molar-refractivity contribution is 7.77. The van der Waals surface area contributed by atoms with Gasteiger partial charge in [0.15, 0.2) is 0 Å². The molecule has 6 nitrogen and oxygen atoms in total. The quantitative estimate of drug-likeness (QED) is 0.386. The number of benzene rings is 1. The molecule has 24 heavy (non-hydrogen) atoms. The van der Waals surface area contributed by atoms with Crippen molar-refractivity contribution in [3.8, 4) is 0 Å². The van der Waals surface area contributed by atoms with Gasteiger partial charge in [0.05, 0.1) is 28.2 Å². The molecule has 0 aliphatic carbocycles. The van der Waals surface area contributed by atoms with Gasteiger partial charge in [-0.2, -0.15) is 0 Å². The molecule has 1 aromatic rings. The standard InChI is InChI=1S/C12H15O3P.C5H13N3/c1-5-16(14,15)12(13)11-9(3)6-8(2)7-10(11)4;1-7(2)5(6)8(3)4/h5-7H,1H2,2-4H3,(H,14,15);6H,1-4H3. The molecule has 0 aliphatic heterocycles. The molecule has 0 fully saturated rings. The van der Waals surface area contributed by atoms with Gasteiger partial charge >= 0.3 is 5.96 Å². The van der Waals surface area contributed by atoms with Crippen LogP contribution in [-0.4, -0.2) is 49.2 Å². The average Bonchev–Trinajstić information content (AvgIpc) is 2.45. The summed E-state index contributed by atoms with van der Waals surface area (Å²) in [5.41, 5.74) is 7.31. The normalized spacial score (nSPS) is 12.3. The maximum absolute atomic E-state index is 11.8. The minimum atomic E-state index is -4.18. The average molecular weight is 353 g/mol. The van der Waals surface area contributed by atoms with Gasteiger partial charge in [0.1, 0.15) is 7.37 Å². The Bertz CT molecular complexity index is 682. The number of aryl methyl sites for hydroxylation is 3. The third-order valence-electron chi connectivity index (χ3n) is 3.33. The molecule has 0 saturated carbocycles. The van der Waals surface area contributed by atoms with Crippen molar-refractivity contribution >= 4 is 18.9 Å². The SMILES string of the molecule is C=CP(=O)([O-])C(=O)c1c(C)cc(C)cc1C.CN(C)C(N)=[N+](C)C. The summed E-state index contributed by atoms with van der Waals surface area (Å²) in [6.45, 7) is 8.53. The lowest BCUT2D eigenvalue weighted by Crippen LogP contribution is -2.36. The summed E-state index contributed by atoms with van der Waals surface area (Å²) in [7, 11) is 3.47. The number of nitrogens with zero attached hydrogens (tertiary/aromatic N) is 2. The van der Waals surface area contributed by atoms with Gasteiger partial charge in [-0.25, -0.2) is 0 Å². The molecule has 0 aromatic heterocycles. The first-order valence-electron chi connectivity index (χ1n) is 7.39. The largest absolute Gasteiger partial charge is 0.791 e. The first-order valence-corrected chi connectivity index (χ1v) is 9.08. The summed E-state index contributed by atoms with van der Waals surface area (Å²) in [5, 5.41) is 0. The zero-order valence-corrected chi connectivity index (χ0v) is 16.5. The van der Waals surface area contributed by atoms with Crippen LogP contribution >= 0.6 is 7.37 Å². The van der Waals surface area contributed by atoms with Crippen molar-refractivity contribution in [2.45, 2.75) is 20.8 Å². The Balaban J connectivity index is 0.000000561. The van der Waals surface area contributed by atoms with Crippen LogP contribution in [0.4, 0.5) is 0 Å². The molecule has 1 unspecified atom stereocenters. The van der Waals surface area contributed by atoms with E-state index in [0.29, 0.717) is 16.9 Å². The van der Waals surface area contributed by atoms with Crippen LogP contribution in [-0.2, 0) is 4.57 Å². The Kier molecular flexibility index (Phi) is 8.11. The van der Waals surface area contributed by atoms with E-state index >= 15 is 0 Å². The molecule has 134 valence electrons. The highest BCUT2D eigenvalue weighted by Crippen LogP contribution is 2.42. The number of hydrogen-bond acceptors (Lipinski definition) is 3. The third-order valence-corrected chi connectivity index (χ3v) is 4.60. The third kappa shape index (κ3) is 5.95.